The highest BCUT2D eigenvalue weighted by Crippen LogP contribution is 2.41. The zero-order valence-electron chi connectivity index (χ0n) is 38.1. The van der Waals surface area contributed by atoms with Crippen LogP contribution in [0.3, 0.4) is 0 Å². The maximum absolute atomic E-state index is 11.0. The summed E-state index contributed by atoms with van der Waals surface area (Å²) in [6, 6.07) is 74.2. The van der Waals surface area contributed by atoms with Gasteiger partial charge in [-0.25, -0.2) is 9.97 Å². The molecular weight excluding hydrogens is 849 g/mol. The number of benzene rings is 8. The Labute approximate surface area is 405 Å². The minimum atomic E-state index is -0.896. The zero-order chi connectivity index (χ0) is 46.8. The number of nitrogen functional groups attached to an aromatic ring is 1. The summed E-state index contributed by atoms with van der Waals surface area (Å²) in [5, 5.41) is 12.0. The summed E-state index contributed by atoms with van der Waals surface area (Å²) < 4.78 is 4.60. The predicted molar refractivity (Wildman–Crippen MR) is 287 cm³/mol. The van der Waals surface area contributed by atoms with Crippen LogP contribution in [-0.2, 0) is 17.9 Å². The lowest BCUT2D eigenvalue weighted by Gasteiger charge is -2.14. The molecule has 0 aliphatic heterocycles. The molecule has 0 saturated heterocycles. The molecular formula is C61H56N6O2. The second-order valence-electron chi connectivity index (χ2n) is 16.3. The van der Waals surface area contributed by atoms with E-state index in [1.807, 2.05) is 91.0 Å². The molecule has 0 saturated carbocycles. The number of nitrogens with one attached hydrogen (secondary N) is 1. The molecule has 0 spiro atoms. The molecule has 342 valence electrons. The van der Waals surface area contributed by atoms with Gasteiger partial charge in [-0.3, -0.25) is 4.79 Å². The smallest absolute Gasteiger partial charge is 0.322 e. The Morgan fingerprint density at radius 1 is 0.464 bits per heavy atom. The first kappa shape index (κ1) is 46.8. The van der Waals surface area contributed by atoms with Crippen LogP contribution in [0.4, 0.5) is 11.4 Å². The third-order valence-corrected chi connectivity index (χ3v) is 11.9. The van der Waals surface area contributed by atoms with Crippen molar-refractivity contribution in [1.29, 1.82) is 0 Å². The van der Waals surface area contributed by atoms with E-state index in [4.69, 9.17) is 20.8 Å². The number of aliphatic carboxylic acids is 1. The molecule has 8 aromatic carbocycles. The van der Waals surface area contributed by atoms with Gasteiger partial charge in [-0.15, -0.1) is 0 Å². The number of imidazole rings is 2. The number of carbonyl (C=O) groups is 1. The van der Waals surface area contributed by atoms with Gasteiger partial charge in [0.2, 0.25) is 0 Å². The van der Waals surface area contributed by atoms with E-state index in [1.54, 1.807) is 0 Å². The first-order valence-electron chi connectivity index (χ1n) is 22.9. The Bertz CT molecular complexity index is 3290. The van der Waals surface area contributed by atoms with Gasteiger partial charge in [-0.05, 0) is 60.4 Å². The Kier molecular flexibility index (Phi) is 14.7. The summed E-state index contributed by atoms with van der Waals surface area (Å²) >= 11 is 0. The zero-order valence-corrected chi connectivity index (χ0v) is 38.1. The standard InChI is InChI=1S/C31H27N3O2.C29H25N3.CH4/c1-2-34-30(23-14-7-4-8-15-23)29(22-12-5-3-6-13-22)33-31(34)27-19-10-9-18-26(27)24-16-11-17-25(20-24)32-21-28(35)36;1-2-32-28(22-14-7-4-8-15-22)27(21-12-5-3-6-13-21)31-29(32)26-19-10-9-18-25(26)23-16-11-17-24(30)20-23;/h3-20,32H,2,21H2,1H3,(H,35,36);3-20H,2,30H2,1H3;1H4. The SMILES string of the molecule is C.CCn1c(-c2ccccc2-c2cccc(N)c2)nc(-c2ccccc2)c1-c1ccccc1.CCn1c(-c2ccccc2-c2cccc(NCC(=O)O)c2)nc(-c2ccccc2)c1-c1ccccc1. The predicted octanol–water partition coefficient (Wildman–Crippen LogP) is 14.9. The second kappa shape index (κ2) is 21.7. The summed E-state index contributed by atoms with van der Waals surface area (Å²) in [6.07, 6.45) is 0. The number of hydrogen-bond acceptors (Lipinski definition) is 5. The molecule has 4 N–H and O–H groups in total. The summed E-state index contributed by atoms with van der Waals surface area (Å²) in [4.78, 5) is 21.5. The summed E-state index contributed by atoms with van der Waals surface area (Å²) in [6.45, 7) is 5.76. The van der Waals surface area contributed by atoms with Crippen molar-refractivity contribution in [3.05, 3.63) is 218 Å². The van der Waals surface area contributed by atoms with Gasteiger partial charge in [0, 0.05) is 57.8 Å². The van der Waals surface area contributed by atoms with Crippen LogP contribution in [0.1, 0.15) is 21.3 Å². The number of aromatic nitrogens is 4. The van der Waals surface area contributed by atoms with Crippen molar-refractivity contribution in [3.63, 3.8) is 0 Å². The van der Waals surface area contributed by atoms with E-state index in [0.717, 1.165) is 115 Å². The van der Waals surface area contributed by atoms with E-state index >= 15 is 0 Å². The fourth-order valence-electron chi connectivity index (χ4n) is 8.84. The molecule has 0 unspecified atom stereocenters. The van der Waals surface area contributed by atoms with Gasteiger partial charge in [-0.1, -0.05) is 202 Å². The largest absolute Gasteiger partial charge is 0.480 e. The Morgan fingerprint density at radius 3 is 1.23 bits per heavy atom. The number of carboxylic acids is 1. The monoisotopic (exact) mass is 904 g/mol. The van der Waals surface area contributed by atoms with Gasteiger partial charge in [0.1, 0.15) is 18.2 Å². The lowest BCUT2D eigenvalue weighted by atomic mass is 9.98. The number of anilines is 2. The maximum atomic E-state index is 11.0. The van der Waals surface area contributed by atoms with Crippen LogP contribution in [0.15, 0.2) is 218 Å². The number of carboxylic acid groups (broad SMARTS) is 1. The van der Waals surface area contributed by atoms with Crippen LogP contribution in [0, 0.1) is 0 Å². The summed E-state index contributed by atoms with van der Waals surface area (Å²) in [7, 11) is 0. The van der Waals surface area contributed by atoms with Crippen LogP contribution in [0.5, 0.6) is 0 Å². The fraction of sp³-hybridized carbons (Fsp3) is 0.0984. The lowest BCUT2D eigenvalue weighted by molar-refractivity contribution is -0.134. The maximum Gasteiger partial charge on any atom is 0.322 e. The van der Waals surface area contributed by atoms with Crippen molar-refractivity contribution in [1.82, 2.24) is 19.1 Å². The van der Waals surface area contributed by atoms with Crippen molar-refractivity contribution in [2.45, 2.75) is 34.4 Å². The van der Waals surface area contributed by atoms with Gasteiger partial charge < -0.3 is 25.3 Å². The third kappa shape index (κ3) is 10.2. The normalized spacial score (nSPS) is 10.7. The van der Waals surface area contributed by atoms with E-state index in [2.05, 4.69) is 156 Å². The van der Waals surface area contributed by atoms with Gasteiger partial charge in [-0.2, -0.15) is 0 Å². The lowest BCUT2D eigenvalue weighted by Crippen LogP contribution is -2.12. The molecule has 0 fully saturated rings. The molecule has 10 rings (SSSR count). The van der Waals surface area contributed by atoms with Gasteiger partial charge in [0.25, 0.3) is 0 Å². The van der Waals surface area contributed by atoms with Crippen molar-refractivity contribution in [3.8, 4) is 90.1 Å². The minimum Gasteiger partial charge on any atom is -0.480 e. The second-order valence-corrected chi connectivity index (χ2v) is 16.3. The quantitative estimate of drug-likeness (QED) is 0.0994. The Hall–Kier alpha value is -8.75. The molecule has 0 aliphatic carbocycles. The van der Waals surface area contributed by atoms with Crippen LogP contribution >= 0.6 is 0 Å². The van der Waals surface area contributed by atoms with E-state index in [0.29, 0.717) is 0 Å². The first-order valence-corrected chi connectivity index (χ1v) is 22.9. The number of nitrogens with two attached hydrogens (primary N) is 1. The van der Waals surface area contributed by atoms with Crippen LogP contribution in [-0.4, -0.2) is 36.7 Å². The molecule has 8 heteroatoms. The first-order chi connectivity index (χ1) is 33.4. The van der Waals surface area contributed by atoms with E-state index < -0.39 is 5.97 Å². The van der Waals surface area contributed by atoms with Gasteiger partial charge >= 0.3 is 5.97 Å². The Morgan fingerprint density at radius 2 is 0.826 bits per heavy atom. The van der Waals surface area contributed by atoms with Crippen molar-refractivity contribution in [2.75, 3.05) is 17.6 Å². The molecule has 0 bridgehead atoms. The average Bonchev–Trinajstić information content (AvgIpc) is 3.99. The van der Waals surface area contributed by atoms with E-state index in [-0.39, 0.29) is 14.0 Å². The number of nitrogens with zero attached hydrogens (tertiary/aromatic N) is 4. The van der Waals surface area contributed by atoms with E-state index in [9.17, 15) is 4.79 Å². The summed E-state index contributed by atoms with van der Waals surface area (Å²) in [5.74, 6) is 0.964. The molecule has 69 heavy (non-hydrogen) atoms. The minimum absolute atomic E-state index is 0. The molecule has 0 atom stereocenters. The highest BCUT2D eigenvalue weighted by atomic mass is 16.4. The van der Waals surface area contributed by atoms with Crippen LogP contribution in [0.25, 0.3) is 90.1 Å². The molecule has 0 radical (unpaired) electrons. The molecule has 0 aliphatic rings. The summed E-state index contributed by atoms with van der Waals surface area (Å²) in [5.41, 5.74) is 22.6. The van der Waals surface area contributed by atoms with Crippen LogP contribution < -0.4 is 11.1 Å². The molecule has 0 amide bonds. The van der Waals surface area contributed by atoms with Crippen molar-refractivity contribution < 1.29 is 9.90 Å². The van der Waals surface area contributed by atoms with Gasteiger partial charge in [0.05, 0.1) is 22.8 Å². The number of rotatable bonds is 13. The average molecular weight is 905 g/mol. The number of hydrogen-bond donors (Lipinski definition) is 3. The Balaban J connectivity index is 0.000000185. The fourth-order valence-corrected chi connectivity index (χ4v) is 8.84. The van der Waals surface area contributed by atoms with Crippen molar-refractivity contribution >= 4 is 17.3 Å². The van der Waals surface area contributed by atoms with Crippen LogP contribution in [0.2, 0.25) is 0 Å². The highest BCUT2D eigenvalue weighted by Gasteiger charge is 2.24. The topological polar surface area (TPSA) is 111 Å². The molecule has 10 aromatic rings. The van der Waals surface area contributed by atoms with Gasteiger partial charge in [0.15, 0.2) is 0 Å². The third-order valence-electron chi connectivity index (χ3n) is 11.9. The molecule has 8 nitrogen and oxygen atoms in total. The molecule has 2 heterocycles. The molecule has 2 aromatic heterocycles. The van der Waals surface area contributed by atoms with E-state index in [1.165, 1.54) is 0 Å². The van der Waals surface area contributed by atoms with Crippen molar-refractivity contribution in [2.24, 2.45) is 0 Å². The highest BCUT2D eigenvalue weighted by molar-refractivity contribution is 5.89.